The maximum atomic E-state index is 10.7. The van der Waals surface area contributed by atoms with Crippen molar-refractivity contribution < 1.29 is 9.53 Å². The Balaban J connectivity index is 3.27. The van der Waals surface area contributed by atoms with Crippen LogP contribution in [0.4, 0.5) is 4.79 Å². The van der Waals surface area contributed by atoms with E-state index >= 15 is 0 Å². The van der Waals surface area contributed by atoms with Gasteiger partial charge in [0.25, 0.3) is 0 Å². The summed E-state index contributed by atoms with van der Waals surface area (Å²) in [5.41, 5.74) is 8.88. The largest absolute Gasteiger partial charge is 0.445 e. The van der Waals surface area contributed by atoms with Crippen molar-refractivity contribution in [2.75, 3.05) is 0 Å². The summed E-state index contributed by atoms with van der Waals surface area (Å²) in [6.45, 7) is 8.48. The van der Waals surface area contributed by atoms with Gasteiger partial charge in [-0.2, -0.15) is 0 Å². The summed E-state index contributed by atoms with van der Waals surface area (Å²) >= 11 is 0. The van der Waals surface area contributed by atoms with Gasteiger partial charge >= 0.3 is 6.09 Å². The Hall–Kier alpha value is -1.95. The van der Waals surface area contributed by atoms with E-state index in [9.17, 15) is 4.79 Å². The molecule has 1 rings (SSSR count). The van der Waals surface area contributed by atoms with Crippen molar-refractivity contribution in [1.29, 1.82) is 0 Å². The Labute approximate surface area is 108 Å². The van der Waals surface area contributed by atoms with Gasteiger partial charge in [-0.1, -0.05) is 32.8 Å². The van der Waals surface area contributed by atoms with Gasteiger partial charge in [0.1, 0.15) is 6.61 Å². The smallest absolute Gasteiger partial charge is 0.404 e. The van der Waals surface area contributed by atoms with Gasteiger partial charge in [-0.25, -0.2) is 4.79 Å². The Bertz CT molecular complexity index is 504. The molecule has 0 fully saturated rings. The van der Waals surface area contributed by atoms with Gasteiger partial charge in [0.15, 0.2) is 0 Å². The Morgan fingerprint density at radius 3 is 2.50 bits per heavy atom. The molecule has 3 heteroatoms. The molecular weight excluding hydrogens is 226 g/mol. The van der Waals surface area contributed by atoms with Crippen LogP contribution in [0.2, 0.25) is 0 Å². The van der Waals surface area contributed by atoms with E-state index in [0.717, 1.165) is 22.3 Å². The number of carbonyl (C=O) groups excluding carboxylic acids is 1. The molecule has 3 nitrogen and oxygen atoms in total. The van der Waals surface area contributed by atoms with Gasteiger partial charge in [-0.15, -0.1) is 6.42 Å². The summed E-state index contributed by atoms with van der Waals surface area (Å²) in [5, 5.41) is 0. The topological polar surface area (TPSA) is 52.3 Å². The summed E-state index contributed by atoms with van der Waals surface area (Å²) in [6.07, 6.45) is 4.76. The fourth-order valence-electron chi connectivity index (χ4n) is 2.15. The molecule has 0 heterocycles. The van der Waals surface area contributed by atoms with Crippen LogP contribution in [0.15, 0.2) is 12.1 Å². The molecule has 1 amide bonds. The second kappa shape index (κ2) is 5.14. The molecule has 0 saturated heterocycles. The average Bonchev–Trinajstić information content (AvgIpc) is 2.24. The first-order valence-corrected chi connectivity index (χ1v) is 5.79. The van der Waals surface area contributed by atoms with E-state index in [2.05, 4.69) is 26.7 Å². The standard InChI is InChI=1S/C15H19NO2/c1-6-11-7-8-12(9-18-14(16)17)10(2)13(11)15(3,4)5/h1,7-8H,9H2,2-5H3,(H2,16,17). The van der Waals surface area contributed by atoms with Crippen LogP contribution in [0.5, 0.6) is 0 Å². The van der Waals surface area contributed by atoms with E-state index in [1.165, 1.54) is 0 Å². The zero-order valence-electron chi connectivity index (χ0n) is 11.3. The van der Waals surface area contributed by atoms with Crippen LogP contribution in [0.3, 0.4) is 0 Å². The number of carbonyl (C=O) groups is 1. The SMILES string of the molecule is C#Cc1ccc(COC(N)=O)c(C)c1C(C)(C)C. The van der Waals surface area contributed by atoms with E-state index < -0.39 is 6.09 Å². The van der Waals surface area contributed by atoms with Crippen molar-refractivity contribution >= 4 is 6.09 Å². The summed E-state index contributed by atoms with van der Waals surface area (Å²) < 4.78 is 4.84. The zero-order valence-corrected chi connectivity index (χ0v) is 11.3. The maximum absolute atomic E-state index is 10.7. The van der Waals surface area contributed by atoms with Gasteiger partial charge in [0.2, 0.25) is 0 Å². The lowest BCUT2D eigenvalue weighted by Gasteiger charge is -2.25. The lowest BCUT2D eigenvalue weighted by Crippen LogP contribution is -2.18. The minimum atomic E-state index is -0.771. The molecule has 1 aromatic rings. The van der Waals surface area contributed by atoms with E-state index in [4.69, 9.17) is 16.9 Å². The molecule has 1 aromatic carbocycles. The van der Waals surface area contributed by atoms with Crippen molar-refractivity contribution in [2.45, 2.75) is 39.7 Å². The third kappa shape index (κ3) is 3.04. The molecule has 0 atom stereocenters. The quantitative estimate of drug-likeness (QED) is 0.814. The first kappa shape index (κ1) is 14.1. The van der Waals surface area contributed by atoms with E-state index in [1.54, 1.807) is 0 Å². The van der Waals surface area contributed by atoms with Crippen LogP contribution >= 0.6 is 0 Å². The third-order valence-electron chi connectivity index (χ3n) is 2.85. The fraction of sp³-hybridized carbons (Fsp3) is 0.400. The van der Waals surface area contributed by atoms with Crippen molar-refractivity contribution in [1.82, 2.24) is 0 Å². The summed E-state index contributed by atoms with van der Waals surface area (Å²) in [7, 11) is 0. The van der Waals surface area contributed by atoms with Crippen LogP contribution < -0.4 is 5.73 Å². The number of benzene rings is 1. The van der Waals surface area contributed by atoms with Gasteiger partial charge in [-0.05, 0) is 35.1 Å². The van der Waals surface area contributed by atoms with Crippen molar-refractivity contribution in [2.24, 2.45) is 5.73 Å². The van der Waals surface area contributed by atoms with E-state index in [-0.39, 0.29) is 12.0 Å². The molecule has 0 radical (unpaired) electrons. The highest BCUT2D eigenvalue weighted by Gasteiger charge is 2.21. The molecule has 0 aromatic heterocycles. The molecule has 0 spiro atoms. The first-order valence-electron chi connectivity index (χ1n) is 5.79. The molecule has 2 N–H and O–H groups in total. The van der Waals surface area contributed by atoms with Crippen LogP contribution in [0.25, 0.3) is 0 Å². The Morgan fingerprint density at radius 2 is 2.06 bits per heavy atom. The maximum Gasteiger partial charge on any atom is 0.404 e. The Kier molecular flexibility index (Phi) is 4.03. The van der Waals surface area contributed by atoms with Gasteiger partial charge in [0.05, 0.1) is 0 Å². The van der Waals surface area contributed by atoms with Crippen molar-refractivity contribution in [3.8, 4) is 12.3 Å². The average molecular weight is 245 g/mol. The minimum absolute atomic E-state index is 0.0610. The number of amides is 1. The summed E-state index contributed by atoms with van der Waals surface area (Å²) in [4.78, 5) is 10.7. The highest BCUT2D eigenvalue weighted by atomic mass is 16.5. The van der Waals surface area contributed by atoms with Crippen LogP contribution in [0, 0.1) is 19.3 Å². The monoisotopic (exact) mass is 245 g/mol. The minimum Gasteiger partial charge on any atom is -0.445 e. The Morgan fingerprint density at radius 1 is 1.44 bits per heavy atom. The van der Waals surface area contributed by atoms with E-state index in [0.29, 0.717) is 0 Å². The highest BCUT2D eigenvalue weighted by Crippen LogP contribution is 2.31. The molecule has 0 saturated carbocycles. The molecule has 18 heavy (non-hydrogen) atoms. The normalized spacial score (nSPS) is 10.8. The molecule has 0 aliphatic carbocycles. The molecule has 0 aliphatic heterocycles. The predicted octanol–water partition coefficient (Wildman–Crippen LogP) is 2.87. The van der Waals surface area contributed by atoms with Crippen molar-refractivity contribution in [3.63, 3.8) is 0 Å². The second-order valence-electron chi connectivity index (χ2n) is 5.27. The molecular formula is C15H19NO2. The number of nitrogens with two attached hydrogens (primary N) is 1. The zero-order chi connectivity index (χ0) is 13.9. The molecule has 0 aliphatic rings. The van der Waals surface area contributed by atoms with Crippen molar-refractivity contribution in [3.05, 3.63) is 34.4 Å². The first-order chi connectivity index (χ1) is 8.27. The van der Waals surface area contributed by atoms with E-state index in [1.807, 2.05) is 19.1 Å². The third-order valence-corrected chi connectivity index (χ3v) is 2.85. The molecule has 0 unspecified atom stereocenters. The summed E-state index contributed by atoms with van der Waals surface area (Å²) in [5.74, 6) is 2.70. The van der Waals surface area contributed by atoms with Gasteiger partial charge < -0.3 is 10.5 Å². The lowest BCUT2D eigenvalue weighted by molar-refractivity contribution is 0.150. The summed E-state index contributed by atoms with van der Waals surface area (Å²) in [6, 6.07) is 3.76. The predicted molar refractivity (Wildman–Crippen MR) is 72.2 cm³/mol. The second-order valence-corrected chi connectivity index (χ2v) is 5.27. The number of hydrogen-bond donors (Lipinski definition) is 1. The van der Waals surface area contributed by atoms with Gasteiger partial charge in [0, 0.05) is 5.56 Å². The van der Waals surface area contributed by atoms with Crippen LogP contribution in [-0.2, 0) is 16.8 Å². The van der Waals surface area contributed by atoms with Crippen LogP contribution in [0.1, 0.15) is 43.0 Å². The highest BCUT2D eigenvalue weighted by molar-refractivity contribution is 5.64. The van der Waals surface area contributed by atoms with Gasteiger partial charge in [-0.3, -0.25) is 0 Å². The molecule has 96 valence electrons. The van der Waals surface area contributed by atoms with Crippen LogP contribution in [-0.4, -0.2) is 6.09 Å². The lowest BCUT2D eigenvalue weighted by atomic mass is 9.79. The molecule has 0 bridgehead atoms. The number of hydrogen-bond acceptors (Lipinski definition) is 2. The fourth-order valence-corrected chi connectivity index (χ4v) is 2.15. The number of primary amides is 1. The number of rotatable bonds is 2. The number of terminal acetylenes is 1. The number of ether oxygens (including phenoxy) is 1.